The second-order valence-electron chi connectivity index (χ2n) is 4.50. The average Bonchev–Trinajstić information content (AvgIpc) is 2.91. The minimum Gasteiger partial charge on any atom is -0.481 e. The van der Waals surface area contributed by atoms with E-state index in [9.17, 15) is 4.79 Å². The predicted octanol–water partition coefficient (Wildman–Crippen LogP) is 3.98. The van der Waals surface area contributed by atoms with Gasteiger partial charge in [-0.3, -0.25) is 4.79 Å². The summed E-state index contributed by atoms with van der Waals surface area (Å²) < 4.78 is 4.73. The summed E-state index contributed by atoms with van der Waals surface area (Å²) in [5.74, 6) is -0.0523. The van der Waals surface area contributed by atoms with Gasteiger partial charge in [-0.05, 0) is 18.6 Å². The molecule has 0 aliphatic rings. The lowest BCUT2D eigenvalue weighted by Gasteiger charge is -1.98. The molecule has 0 spiro atoms. The third-order valence-electron chi connectivity index (χ3n) is 2.73. The normalized spacial score (nSPS) is 9.79. The van der Waals surface area contributed by atoms with Crippen LogP contribution in [-0.2, 0) is 11.4 Å². The van der Waals surface area contributed by atoms with Crippen molar-refractivity contribution in [2.75, 3.05) is 0 Å². The van der Waals surface area contributed by atoms with Crippen LogP contribution in [0.25, 0.3) is 0 Å². The van der Waals surface area contributed by atoms with Crippen molar-refractivity contribution in [3.63, 3.8) is 0 Å². The number of aliphatic hydroxyl groups excluding tert-OH is 1. The van der Waals surface area contributed by atoms with E-state index in [-0.39, 0.29) is 6.61 Å². The molecule has 0 aliphatic carbocycles. The second-order valence-corrected chi connectivity index (χ2v) is 4.50. The molecular weight excluding hydrogens is 244 g/mol. The summed E-state index contributed by atoms with van der Waals surface area (Å²) in [6.07, 6.45) is 10.2. The summed E-state index contributed by atoms with van der Waals surface area (Å²) in [6.45, 7) is 2.19. The number of furan rings is 1. The Bertz CT molecular complexity index is 293. The van der Waals surface area contributed by atoms with Crippen molar-refractivity contribution in [1.29, 1.82) is 0 Å². The zero-order chi connectivity index (χ0) is 14.3. The summed E-state index contributed by atoms with van der Waals surface area (Å²) >= 11 is 0. The Kier molecular flexibility index (Phi) is 12.3. The molecule has 0 atom stereocenters. The Morgan fingerprint density at radius 3 is 2.21 bits per heavy atom. The van der Waals surface area contributed by atoms with Gasteiger partial charge in [0, 0.05) is 6.42 Å². The van der Waals surface area contributed by atoms with Gasteiger partial charge in [0.1, 0.15) is 12.4 Å². The molecule has 0 aliphatic heterocycles. The van der Waals surface area contributed by atoms with Crippen molar-refractivity contribution < 1.29 is 19.4 Å². The minimum absolute atomic E-state index is 0.00694. The molecule has 4 nitrogen and oxygen atoms in total. The van der Waals surface area contributed by atoms with Gasteiger partial charge in [-0.2, -0.15) is 0 Å². The molecule has 0 aromatic carbocycles. The maximum atomic E-state index is 10.1. The van der Waals surface area contributed by atoms with Gasteiger partial charge in [-0.15, -0.1) is 0 Å². The maximum absolute atomic E-state index is 10.1. The zero-order valence-electron chi connectivity index (χ0n) is 11.8. The van der Waals surface area contributed by atoms with Gasteiger partial charge in [0.25, 0.3) is 0 Å². The number of carboxylic acid groups (broad SMARTS) is 1. The first kappa shape index (κ1) is 17.7. The molecule has 0 saturated heterocycles. The van der Waals surface area contributed by atoms with E-state index >= 15 is 0 Å². The van der Waals surface area contributed by atoms with Crippen molar-refractivity contribution in [3.8, 4) is 0 Å². The highest BCUT2D eigenvalue weighted by Crippen LogP contribution is 2.07. The number of unbranched alkanes of at least 4 members (excludes halogenated alkanes) is 6. The first-order valence-corrected chi connectivity index (χ1v) is 7.05. The Balaban J connectivity index is 0.000000388. The SMILES string of the molecule is CCCCCCCCCC(=O)O.OCc1ccco1. The highest BCUT2D eigenvalue weighted by atomic mass is 16.4. The van der Waals surface area contributed by atoms with E-state index in [1.165, 1.54) is 38.4 Å². The lowest BCUT2D eigenvalue weighted by Crippen LogP contribution is -1.93. The molecule has 0 unspecified atom stereocenters. The monoisotopic (exact) mass is 270 g/mol. The van der Waals surface area contributed by atoms with E-state index in [0.29, 0.717) is 12.2 Å². The standard InChI is InChI=1S/C10H20O2.C5H6O2/c1-2-3-4-5-6-7-8-9-10(11)12;6-4-5-2-1-3-7-5/h2-9H2,1H3,(H,11,12);1-3,6H,4H2. The molecule has 0 amide bonds. The first-order valence-electron chi connectivity index (χ1n) is 7.05. The van der Waals surface area contributed by atoms with Crippen LogP contribution >= 0.6 is 0 Å². The van der Waals surface area contributed by atoms with E-state index in [0.717, 1.165) is 12.8 Å². The van der Waals surface area contributed by atoms with Gasteiger partial charge >= 0.3 is 5.97 Å². The number of rotatable bonds is 9. The van der Waals surface area contributed by atoms with Crippen molar-refractivity contribution in [1.82, 2.24) is 0 Å². The molecule has 1 aromatic rings. The minimum atomic E-state index is -0.663. The molecule has 0 radical (unpaired) electrons. The van der Waals surface area contributed by atoms with Crippen LogP contribution in [-0.4, -0.2) is 16.2 Å². The van der Waals surface area contributed by atoms with Crippen LogP contribution in [0.3, 0.4) is 0 Å². The molecule has 0 fully saturated rings. The number of hydrogen-bond donors (Lipinski definition) is 2. The van der Waals surface area contributed by atoms with Gasteiger partial charge < -0.3 is 14.6 Å². The van der Waals surface area contributed by atoms with E-state index < -0.39 is 5.97 Å². The van der Waals surface area contributed by atoms with Crippen molar-refractivity contribution in [3.05, 3.63) is 24.2 Å². The highest BCUT2D eigenvalue weighted by Gasteiger charge is 1.95. The lowest BCUT2D eigenvalue weighted by atomic mass is 10.1. The molecule has 0 bridgehead atoms. The van der Waals surface area contributed by atoms with Crippen LogP contribution in [0.2, 0.25) is 0 Å². The fraction of sp³-hybridized carbons (Fsp3) is 0.667. The number of carbonyl (C=O) groups is 1. The van der Waals surface area contributed by atoms with Crippen molar-refractivity contribution >= 4 is 5.97 Å². The topological polar surface area (TPSA) is 70.7 Å². The van der Waals surface area contributed by atoms with Gasteiger partial charge in [-0.1, -0.05) is 45.4 Å². The zero-order valence-corrected chi connectivity index (χ0v) is 11.8. The molecule has 1 heterocycles. The third-order valence-corrected chi connectivity index (χ3v) is 2.73. The fourth-order valence-electron chi connectivity index (χ4n) is 1.64. The van der Waals surface area contributed by atoms with E-state index in [1.807, 2.05) is 0 Å². The quantitative estimate of drug-likeness (QED) is 0.666. The molecule has 19 heavy (non-hydrogen) atoms. The molecule has 0 saturated carbocycles. The van der Waals surface area contributed by atoms with Crippen LogP contribution in [0.1, 0.15) is 64.1 Å². The smallest absolute Gasteiger partial charge is 0.303 e. The number of carboxylic acids is 1. The summed E-state index contributed by atoms with van der Waals surface area (Å²) in [6, 6.07) is 3.46. The summed E-state index contributed by atoms with van der Waals surface area (Å²) in [4.78, 5) is 10.1. The van der Waals surface area contributed by atoms with Gasteiger partial charge in [-0.25, -0.2) is 0 Å². The molecule has 2 N–H and O–H groups in total. The summed E-state index contributed by atoms with van der Waals surface area (Å²) in [7, 11) is 0. The number of aliphatic hydroxyl groups is 1. The summed E-state index contributed by atoms with van der Waals surface area (Å²) in [5.41, 5.74) is 0. The molecule has 110 valence electrons. The van der Waals surface area contributed by atoms with E-state index in [2.05, 4.69) is 6.92 Å². The Hall–Kier alpha value is -1.29. The molecule has 4 heteroatoms. The van der Waals surface area contributed by atoms with Gasteiger partial charge in [0.15, 0.2) is 0 Å². The Morgan fingerprint density at radius 2 is 1.79 bits per heavy atom. The Labute approximate surface area is 115 Å². The molecule has 1 aromatic heterocycles. The van der Waals surface area contributed by atoms with Crippen LogP contribution in [0.5, 0.6) is 0 Å². The van der Waals surface area contributed by atoms with Crippen molar-refractivity contribution in [2.24, 2.45) is 0 Å². The second kappa shape index (κ2) is 13.1. The average molecular weight is 270 g/mol. The summed E-state index contributed by atoms with van der Waals surface area (Å²) in [5, 5.41) is 16.7. The maximum Gasteiger partial charge on any atom is 0.303 e. The van der Waals surface area contributed by atoms with Crippen molar-refractivity contribution in [2.45, 2.75) is 64.9 Å². The van der Waals surface area contributed by atoms with Crippen LogP contribution < -0.4 is 0 Å². The molecular formula is C15H26O4. The lowest BCUT2D eigenvalue weighted by molar-refractivity contribution is -0.137. The van der Waals surface area contributed by atoms with Gasteiger partial charge in [0.2, 0.25) is 0 Å². The van der Waals surface area contributed by atoms with Crippen LogP contribution in [0.15, 0.2) is 22.8 Å². The van der Waals surface area contributed by atoms with Gasteiger partial charge in [0.05, 0.1) is 6.26 Å². The first-order chi connectivity index (χ1) is 9.20. The van der Waals surface area contributed by atoms with E-state index in [4.69, 9.17) is 14.6 Å². The highest BCUT2D eigenvalue weighted by molar-refractivity contribution is 5.66. The number of aliphatic carboxylic acids is 1. The largest absolute Gasteiger partial charge is 0.481 e. The number of hydrogen-bond acceptors (Lipinski definition) is 3. The predicted molar refractivity (Wildman–Crippen MR) is 74.9 cm³/mol. The van der Waals surface area contributed by atoms with E-state index in [1.54, 1.807) is 12.1 Å². The van der Waals surface area contributed by atoms with Crippen LogP contribution in [0.4, 0.5) is 0 Å². The fourth-order valence-corrected chi connectivity index (χ4v) is 1.64. The van der Waals surface area contributed by atoms with Crippen LogP contribution in [0, 0.1) is 0 Å². The third kappa shape index (κ3) is 12.9. The molecule has 1 rings (SSSR count). The Morgan fingerprint density at radius 1 is 1.16 bits per heavy atom.